The largest absolute Gasteiger partial charge is 0.456 e. The van der Waals surface area contributed by atoms with E-state index in [9.17, 15) is 0 Å². The molecule has 0 N–H and O–H groups in total. The van der Waals surface area contributed by atoms with Crippen molar-refractivity contribution >= 4 is 47.7 Å². The summed E-state index contributed by atoms with van der Waals surface area (Å²) < 4.78 is 7.06. The molecule has 1 aliphatic heterocycles. The first-order chi connectivity index (χ1) is 20.6. The Morgan fingerprint density at radius 3 is 1.36 bits per heavy atom. The van der Waals surface area contributed by atoms with E-state index >= 15 is 0 Å². The molecule has 1 heterocycles. The van der Waals surface area contributed by atoms with Gasteiger partial charge in [0.15, 0.2) is 0 Å². The molecule has 1 aliphatic rings. The molecule has 6 aromatic rings. The monoisotopic (exact) mass is 578 g/mol. The highest BCUT2D eigenvalue weighted by Crippen LogP contribution is 2.51. The fourth-order valence-electron chi connectivity index (χ4n) is 6.02. The van der Waals surface area contributed by atoms with Gasteiger partial charge in [0.05, 0.1) is 0 Å². The van der Waals surface area contributed by atoms with Crippen LogP contribution >= 0.6 is 15.8 Å². The van der Waals surface area contributed by atoms with Crippen molar-refractivity contribution in [3.8, 4) is 11.5 Å². The Balaban J connectivity index is 1.59. The van der Waals surface area contributed by atoms with Gasteiger partial charge in [-0.1, -0.05) is 166 Å². The van der Waals surface area contributed by atoms with Crippen LogP contribution in [0.5, 0.6) is 11.5 Å². The van der Waals surface area contributed by atoms with E-state index in [-0.39, 0.29) is 5.41 Å². The van der Waals surface area contributed by atoms with E-state index in [4.69, 9.17) is 4.74 Å². The van der Waals surface area contributed by atoms with E-state index in [1.807, 2.05) is 0 Å². The van der Waals surface area contributed by atoms with Crippen molar-refractivity contribution in [2.75, 3.05) is 0 Å². The van der Waals surface area contributed by atoms with Gasteiger partial charge in [0, 0.05) is 21.8 Å². The molecule has 0 fully saturated rings. The lowest BCUT2D eigenvalue weighted by Gasteiger charge is -2.38. The van der Waals surface area contributed by atoms with E-state index in [0.717, 1.165) is 11.5 Å². The Labute approximate surface area is 251 Å². The van der Waals surface area contributed by atoms with E-state index in [2.05, 4.69) is 172 Å². The molecule has 0 amide bonds. The summed E-state index contributed by atoms with van der Waals surface area (Å²) in [4.78, 5) is 0. The third-order valence-electron chi connectivity index (χ3n) is 8.08. The average molecular weight is 579 g/mol. The Hall–Kier alpha value is -4.02. The van der Waals surface area contributed by atoms with Crippen molar-refractivity contribution in [3.05, 3.63) is 169 Å². The van der Waals surface area contributed by atoms with Gasteiger partial charge < -0.3 is 4.74 Å². The van der Waals surface area contributed by atoms with E-state index < -0.39 is 15.8 Å². The van der Waals surface area contributed by atoms with Gasteiger partial charge in [0.25, 0.3) is 0 Å². The number of para-hydroxylation sites is 1. The summed E-state index contributed by atoms with van der Waals surface area (Å²) in [5, 5.41) is 8.00. The number of rotatable bonds is 6. The van der Waals surface area contributed by atoms with Crippen molar-refractivity contribution in [3.63, 3.8) is 0 Å². The molecule has 0 radical (unpaired) electrons. The van der Waals surface area contributed by atoms with Crippen LogP contribution in [0.3, 0.4) is 0 Å². The molecule has 0 aliphatic carbocycles. The van der Waals surface area contributed by atoms with Crippen LogP contribution in [0.25, 0.3) is 0 Å². The molecule has 6 aromatic carbocycles. The highest BCUT2D eigenvalue weighted by Gasteiger charge is 2.39. The van der Waals surface area contributed by atoms with Crippen molar-refractivity contribution in [2.24, 2.45) is 0 Å². The predicted molar refractivity (Wildman–Crippen MR) is 182 cm³/mol. The van der Waals surface area contributed by atoms with Crippen LogP contribution in [0.15, 0.2) is 158 Å². The molecule has 0 bridgehead atoms. The fraction of sp³-hybridized carbons (Fsp3) is 0.0769. The average Bonchev–Trinajstić information content (AvgIpc) is 3.04. The number of hydrogen-bond donors (Lipinski definition) is 0. The second kappa shape index (κ2) is 11.3. The van der Waals surface area contributed by atoms with Gasteiger partial charge in [-0.05, 0) is 48.4 Å². The summed E-state index contributed by atoms with van der Waals surface area (Å²) >= 11 is 0. The minimum absolute atomic E-state index is 0.200. The summed E-state index contributed by atoms with van der Waals surface area (Å²) in [6, 6.07) is 57.4. The molecular weight excluding hydrogens is 546 g/mol. The van der Waals surface area contributed by atoms with Gasteiger partial charge in [-0.3, -0.25) is 0 Å². The van der Waals surface area contributed by atoms with Crippen molar-refractivity contribution in [1.82, 2.24) is 0 Å². The molecule has 0 saturated carbocycles. The topological polar surface area (TPSA) is 9.23 Å². The fourth-order valence-corrected chi connectivity index (χ4v) is 11.4. The summed E-state index contributed by atoms with van der Waals surface area (Å²) in [7, 11) is -1.79. The highest BCUT2D eigenvalue weighted by atomic mass is 31.1. The molecule has 0 unspecified atom stereocenters. The summed E-state index contributed by atoms with van der Waals surface area (Å²) in [6.07, 6.45) is 0. The van der Waals surface area contributed by atoms with E-state index in [0.29, 0.717) is 0 Å². The van der Waals surface area contributed by atoms with Crippen LogP contribution in [0.1, 0.15) is 25.0 Å². The third kappa shape index (κ3) is 4.78. The number of fused-ring (bicyclic) bond motifs is 2. The maximum absolute atomic E-state index is 7.06. The Morgan fingerprint density at radius 1 is 0.429 bits per heavy atom. The van der Waals surface area contributed by atoms with Gasteiger partial charge in [-0.25, -0.2) is 0 Å². The van der Waals surface area contributed by atoms with Crippen LogP contribution in [0, 0.1) is 0 Å². The highest BCUT2D eigenvalue weighted by molar-refractivity contribution is 7.85. The van der Waals surface area contributed by atoms with Crippen LogP contribution in [-0.2, 0) is 5.41 Å². The van der Waals surface area contributed by atoms with Gasteiger partial charge in [0.1, 0.15) is 11.5 Å². The quantitative estimate of drug-likeness (QED) is 0.185. The maximum Gasteiger partial charge on any atom is 0.140 e. The molecule has 204 valence electrons. The van der Waals surface area contributed by atoms with Crippen LogP contribution < -0.4 is 36.6 Å². The molecule has 0 saturated heterocycles. The van der Waals surface area contributed by atoms with Gasteiger partial charge in [0.2, 0.25) is 0 Å². The first-order valence-electron chi connectivity index (χ1n) is 14.4. The van der Waals surface area contributed by atoms with Crippen LogP contribution in [0.4, 0.5) is 0 Å². The molecular formula is C39H32OP2. The number of benzene rings is 6. The lowest BCUT2D eigenvalue weighted by atomic mass is 9.76. The van der Waals surface area contributed by atoms with Crippen LogP contribution in [0.2, 0.25) is 0 Å². The predicted octanol–water partition coefficient (Wildman–Crippen LogP) is 7.63. The third-order valence-corrected chi connectivity index (χ3v) is 13.3. The zero-order valence-corrected chi connectivity index (χ0v) is 25.6. The lowest BCUT2D eigenvalue weighted by Crippen LogP contribution is -2.38. The van der Waals surface area contributed by atoms with E-state index in [1.54, 1.807) is 0 Å². The SMILES string of the molecule is CC1(C)c2ccccc2Oc2c1ccc(P(c1ccccc1)c1ccccc1)c2P(c1ccccc1)c1ccccc1. The van der Waals surface area contributed by atoms with Crippen LogP contribution in [-0.4, -0.2) is 0 Å². The second-order valence-corrected chi connectivity index (χ2v) is 15.4. The molecule has 3 heteroatoms. The summed E-state index contributed by atoms with van der Waals surface area (Å²) in [6.45, 7) is 4.67. The van der Waals surface area contributed by atoms with Crippen molar-refractivity contribution in [1.29, 1.82) is 0 Å². The lowest BCUT2D eigenvalue weighted by molar-refractivity contribution is 0.422. The van der Waals surface area contributed by atoms with Gasteiger partial charge >= 0.3 is 0 Å². The smallest absolute Gasteiger partial charge is 0.140 e. The van der Waals surface area contributed by atoms with Crippen molar-refractivity contribution < 1.29 is 4.74 Å². The molecule has 0 spiro atoms. The van der Waals surface area contributed by atoms with Gasteiger partial charge in [-0.15, -0.1) is 0 Å². The number of ether oxygens (including phenoxy) is 1. The summed E-state index contributed by atoms with van der Waals surface area (Å²) in [5.74, 6) is 1.97. The molecule has 0 aromatic heterocycles. The Morgan fingerprint density at radius 2 is 0.857 bits per heavy atom. The second-order valence-electron chi connectivity index (χ2n) is 11.0. The molecule has 1 nitrogen and oxygen atoms in total. The maximum atomic E-state index is 7.06. The Kier molecular flexibility index (Phi) is 7.25. The molecule has 0 atom stereocenters. The normalized spacial score (nSPS) is 13.3. The van der Waals surface area contributed by atoms with Crippen molar-refractivity contribution in [2.45, 2.75) is 19.3 Å². The standard InChI is InChI=1S/C39H32OP2/c1-39(2)33-25-15-16-26-35(33)40-37-34(39)27-28-36(41(29-17-7-3-8-18-29)30-19-9-4-10-20-30)38(37)42(31-21-11-5-12-22-31)32-23-13-6-14-24-32/h3-28H,1-2H3. The molecule has 7 rings (SSSR count). The zero-order valence-electron chi connectivity index (χ0n) is 23.8. The minimum Gasteiger partial charge on any atom is -0.456 e. The summed E-state index contributed by atoms with van der Waals surface area (Å²) in [5.41, 5.74) is 2.28. The first-order valence-corrected chi connectivity index (χ1v) is 17.1. The molecule has 42 heavy (non-hydrogen) atoms. The number of hydrogen-bond acceptors (Lipinski definition) is 1. The first kappa shape index (κ1) is 26.9. The minimum atomic E-state index is -0.934. The van der Waals surface area contributed by atoms with E-state index in [1.165, 1.54) is 43.0 Å². The zero-order chi connectivity index (χ0) is 28.5. The Bertz CT molecular complexity index is 1740. The van der Waals surface area contributed by atoms with Gasteiger partial charge in [-0.2, -0.15) is 0 Å².